The minimum Gasteiger partial charge on any atom is -0.497 e. The van der Waals surface area contributed by atoms with Crippen LogP contribution in [0.4, 0.5) is 10.6 Å². The summed E-state index contributed by atoms with van der Waals surface area (Å²) in [6, 6.07) is 16.8. The Labute approximate surface area is 206 Å². The highest BCUT2D eigenvalue weighted by Gasteiger charge is 2.30. The van der Waals surface area contributed by atoms with Gasteiger partial charge in [-0.15, -0.1) is 10.2 Å². The quantitative estimate of drug-likeness (QED) is 0.318. The Kier molecular flexibility index (Phi) is 6.50. The molecule has 3 N–H and O–H groups in total. The van der Waals surface area contributed by atoms with Crippen LogP contribution in [0.1, 0.15) is 17.5 Å². The van der Waals surface area contributed by atoms with E-state index < -0.39 is 12.2 Å². The fourth-order valence-electron chi connectivity index (χ4n) is 3.81. The number of fused-ring (bicyclic) bond motifs is 1. The highest BCUT2D eigenvalue weighted by atomic mass is 16.5. The van der Waals surface area contributed by atoms with Crippen molar-refractivity contribution in [2.45, 2.75) is 18.7 Å². The summed E-state index contributed by atoms with van der Waals surface area (Å²) in [7, 11) is 1.61. The van der Waals surface area contributed by atoms with Gasteiger partial charge in [-0.25, -0.2) is 9.78 Å². The molecule has 2 aromatic heterocycles. The lowest BCUT2D eigenvalue weighted by atomic mass is 10.1. The van der Waals surface area contributed by atoms with Crippen molar-refractivity contribution in [3.05, 3.63) is 66.0 Å². The number of tetrazole rings is 1. The number of anilines is 1. The molecular formula is C24H25N7O5. The molecule has 5 rings (SSSR count). The average molecular weight is 492 g/mol. The number of hydrogen-bond donors (Lipinski definition) is 3. The first-order chi connectivity index (χ1) is 17.5. The van der Waals surface area contributed by atoms with Crippen molar-refractivity contribution >= 4 is 22.8 Å². The lowest BCUT2D eigenvalue weighted by molar-refractivity contribution is 0.100. The van der Waals surface area contributed by atoms with E-state index in [1.54, 1.807) is 13.2 Å². The normalized spacial score (nSPS) is 14.3. The first kappa shape index (κ1) is 23.3. The van der Waals surface area contributed by atoms with Crippen molar-refractivity contribution in [3.8, 4) is 11.5 Å². The molecule has 1 unspecified atom stereocenters. The SMILES string of the molecule is COc1ccc(Cn2nnc(C(O)COc3ccc4nc(NC5CN(C(=O)O)C5)ccc4c3)n2)cc1. The maximum absolute atomic E-state index is 10.9. The van der Waals surface area contributed by atoms with E-state index in [1.165, 1.54) is 9.70 Å². The Morgan fingerprint density at radius 3 is 2.67 bits per heavy atom. The molecule has 12 heteroatoms. The smallest absolute Gasteiger partial charge is 0.407 e. The molecule has 1 aliphatic rings. The van der Waals surface area contributed by atoms with Gasteiger partial charge in [-0.05, 0) is 53.2 Å². The van der Waals surface area contributed by atoms with Crippen LogP contribution in [0.3, 0.4) is 0 Å². The minimum atomic E-state index is -1.04. The molecule has 0 spiro atoms. The van der Waals surface area contributed by atoms with E-state index in [1.807, 2.05) is 48.5 Å². The molecule has 36 heavy (non-hydrogen) atoms. The number of nitrogens with one attached hydrogen (secondary N) is 1. The first-order valence-corrected chi connectivity index (χ1v) is 11.3. The number of benzene rings is 2. The standard InChI is InChI=1S/C24H25N7O5/c1-35-18-5-2-15(3-6-18)11-31-28-23(27-29-31)21(32)14-36-19-7-8-20-16(10-19)4-9-22(26-20)25-17-12-30(13-17)24(33)34/h2-10,17,21,32H,11-14H2,1H3,(H,25,26)(H,33,34). The molecule has 0 radical (unpaired) electrons. The van der Waals surface area contributed by atoms with E-state index >= 15 is 0 Å². The Balaban J connectivity index is 1.15. The summed E-state index contributed by atoms with van der Waals surface area (Å²) < 4.78 is 10.9. The van der Waals surface area contributed by atoms with E-state index in [0.29, 0.717) is 31.2 Å². The molecule has 12 nitrogen and oxygen atoms in total. The van der Waals surface area contributed by atoms with Crippen LogP contribution in [0, 0.1) is 0 Å². The third-order valence-corrected chi connectivity index (χ3v) is 5.82. The predicted octanol–water partition coefficient (Wildman–Crippen LogP) is 2.16. The molecule has 4 aromatic rings. The number of likely N-dealkylation sites (tertiary alicyclic amines) is 1. The number of carboxylic acid groups (broad SMARTS) is 1. The van der Waals surface area contributed by atoms with Crippen LogP contribution in [0.25, 0.3) is 10.9 Å². The molecule has 1 atom stereocenters. The van der Waals surface area contributed by atoms with Gasteiger partial charge in [0.05, 0.1) is 25.2 Å². The topological polar surface area (TPSA) is 148 Å². The van der Waals surface area contributed by atoms with E-state index in [-0.39, 0.29) is 18.5 Å². The van der Waals surface area contributed by atoms with Gasteiger partial charge < -0.3 is 29.9 Å². The molecule has 3 heterocycles. The first-order valence-electron chi connectivity index (χ1n) is 11.3. The van der Waals surface area contributed by atoms with Crippen LogP contribution in [-0.4, -0.2) is 79.2 Å². The van der Waals surface area contributed by atoms with Gasteiger partial charge in [0.25, 0.3) is 0 Å². The van der Waals surface area contributed by atoms with Crippen molar-refractivity contribution in [1.29, 1.82) is 0 Å². The molecule has 186 valence electrons. The number of carbonyl (C=O) groups is 1. The van der Waals surface area contributed by atoms with Crippen molar-refractivity contribution in [3.63, 3.8) is 0 Å². The number of pyridine rings is 1. The highest BCUT2D eigenvalue weighted by Crippen LogP contribution is 2.23. The number of ether oxygens (including phenoxy) is 2. The second-order valence-corrected chi connectivity index (χ2v) is 8.43. The number of amides is 1. The third kappa shape index (κ3) is 5.28. The van der Waals surface area contributed by atoms with E-state index in [2.05, 4.69) is 25.7 Å². The van der Waals surface area contributed by atoms with Crippen LogP contribution in [0.5, 0.6) is 11.5 Å². The van der Waals surface area contributed by atoms with Crippen LogP contribution in [0.15, 0.2) is 54.6 Å². The predicted molar refractivity (Wildman–Crippen MR) is 129 cm³/mol. The third-order valence-electron chi connectivity index (χ3n) is 5.82. The van der Waals surface area contributed by atoms with Crippen molar-refractivity contribution < 1.29 is 24.5 Å². The highest BCUT2D eigenvalue weighted by molar-refractivity contribution is 5.81. The second-order valence-electron chi connectivity index (χ2n) is 8.43. The van der Waals surface area contributed by atoms with Gasteiger partial charge >= 0.3 is 6.09 Å². The van der Waals surface area contributed by atoms with Crippen LogP contribution in [0.2, 0.25) is 0 Å². The Morgan fingerprint density at radius 1 is 1.14 bits per heavy atom. The van der Waals surface area contributed by atoms with Gasteiger partial charge in [0.2, 0.25) is 5.82 Å². The Bertz CT molecular complexity index is 1350. The molecule has 1 saturated heterocycles. The van der Waals surface area contributed by atoms with E-state index in [4.69, 9.17) is 14.6 Å². The van der Waals surface area contributed by atoms with Gasteiger partial charge in [-0.1, -0.05) is 12.1 Å². The Hall–Kier alpha value is -4.45. The molecule has 1 fully saturated rings. The molecule has 2 aromatic carbocycles. The van der Waals surface area contributed by atoms with Gasteiger partial charge in [0.1, 0.15) is 23.9 Å². The summed E-state index contributed by atoms with van der Waals surface area (Å²) in [6.45, 7) is 1.26. The lowest BCUT2D eigenvalue weighted by Gasteiger charge is -2.37. The molecule has 1 amide bonds. The van der Waals surface area contributed by atoms with Gasteiger partial charge in [0, 0.05) is 18.5 Å². The number of methoxy groups -OCH3 is 1. The van der Waals surface area contributed by atoms with Crippen molar-refractivity contribution in [2.75, 3.05) is 32.1 Å². The number of rotatable bonds is 9. The van der Waals surface area contributed by atoms with Crippen LogP contribution in [-0.2, 0) is 6.54 Å². The van der Waals surface area contributed by atoms with Gasteiger partial charge in [0.15, 0.2) is 6.10 Å². The summed E-state index contributed by atoms with van der Waals surface area (Å²) in [5, 5.41) is 35.7. The summed E-state index contributed by atoms with van der Waals surface area (Å²) >= 11 is 0. The summed E-state index contributed by atoms with van der Waals surface area (Å²) in [5.41, 5.74) is 1.74. The molecular weight excluding hydrogens is 466 g/mol. The van der Waals surface area contributed by atoms with E-state index in [9.17, 15) is 9.90 Å². The lowest BCUT2D eigenvalue weighted by Crippen LogP contribution is -2.56. The van der Waals surface area contributed by atoms with Crippen LogP contribution >= 0.6 is 0 Å². The van der Waals surface area contributed by atoms with Gasteiger partial charge in [-0.3, -0.25) is 0 Å². The van der Waals surface area contributed by atoms with Crippen molar-refractivity contribution in [2.24, 2.45) is 0 Å². The zero-order valence-corrected chi connectivity index (χ0v) is 19.5. The Morgan fingerprint density at radius 2 is 1.92 bits per heavy atom. The van der Waals surface area contributed by atoms with Gasteiger partial charge in [-0.2, -0.15) is 4.80 Å². The van der Waals surface area contributed by atoms with Crippen LogP contribution < -0.4 is 14.8 Å². The number of aliphatic hydroxyl groups is 1. The maximum atomic E-state index is 10.9. The fourth-order valence-corrected chi connectivity index (χ4v) is 3.81. The number of aliphatic hydroxyl groups excluding tert-OH is 1. The summed E-state index contributed by atoms with van der Waals surface area (Å²) in [5.74, 6) is 2.21. The largest absolute Gasteiger partial charge is 0.497 e. The monoisotopic (exact) mass is 491 g/mol. The molecule has 0 saturated carbocycles. The van der Waals surface area contributed by atoms with E-state index in [0.717, 1.165) is 22.2 Å². The summed E-state index contributed by atoms with van der Waals surface area (Å²) in [6.07, 6.45) is -1.95. The molecule has 1 aliphatic heterocycles. The zero-order valence-electron chi connectivity index (χ0n) is 19.5. The second kappa shape index (κ2) is 10.0. The minimum absolute atomic E-state index is 0.0332. The molecule has 0 aliphatic carbocycles. The maximum Gasteiger partial charge on any atom is 0.407 e. The summed E-state index contributed by atoms with van der Waals surface area (Å²) in [4.78, 5) is 18.2. The number of hydrogen-bond acceptors (Lipinski definition) is 9. The average Bonchev–Trinajstić information content (AvgIpc) is 3.33. The number of aromatic nitrogens is 5. The molecule has 0 bridgehead atoms. The number of nitrogens with zero attached hydrogens (tertiary/aromatic N) is 6. The van der Waals surface area contributed by atoms with Crippen molar-refractivity contribution in [1.82, 2.24) is 30.1 Å². The zero-order chi connectivity index (χ0) is 25.1. The fraction of sp³-hybridized carbons (Fsp3) is 0.292.